The summed E-state index contributed by atoms with van der Waals surface area (Å²) in [7, 11) is 2.02. The monoisotopic (exact) mass is 416 g/mol. The van der Waals surface area contributed by atoms with Crippen molar-refractivity contribution < 1.29 is 9.21 Å². The maximum absolute atomic E-state index is 13.3. The Morgan fingerprint density at radius 1 is 1.03 bits per heavy atom. The number of nitrogens with zero attached hydrogens (tertiary/aromatic N) is 2. The van der Waals surface area contributed by atoms with E-state index in [1.807, 2.05) is 43.6 Å². The van der Waals surface area contributed by atoms with Gasteiger partial charge >= 0.3 is 0 Å². The fourth-order valence-electron chi connectivity index (χ4n) is 5.55. The number of fused-ring (bicyclic) bond motifs is 1. The third-order valence-corrected chi connectivity index (χ3v) is 7.27. The highest BCUT2D eigenvalue weighted by atomic mass is 16.3. The lowest BCUT2D eigenvalue weighted by molar-refractivity contribution is -0.133. The normalized spacial score (nSPS) is 22.1. The van der Waals surface area contributed by atoms with Gasteiger partial charge in [0.1, 0.15) is 5.58 Å². The molecule has 0 unspecified atom stereocenters. The van der Waals surface area contributed by atoms with Crippen LogP contribution in [0.1, 0.15) is 44.1 Å². The molecule has 1 amide bonds. The molecule has 2 heterocycles. The van der Waals surface area contributed by atoms with E-state index in [4.69, 9.17) is 4.42 Å². The van der Waals surface area contributed by atoms with Crippen LogP contribution in [0.15, 0.2) is 59.2 Å². The van der Waals surface area contributed by atoms with Crippen molar-refractivity contribution in [2.45, 2.75) is 57.0 Å². The molecule has 1 saturated heterocycles. The lowest BCUT2D eigenvalue weighted by atomic mass is 9.88. The Labute approximate surface area is 184 Å². The van der Waals surface area contributed by atoms with Gasteiger partial charge in [-0.25, -0.2) is 0 Å². The smallest absolute Gasteiger partial charge is 0.227 e. The van der Waals surface area contributed by atoms with Crippen molar-refractivity contribution in [1.82, 2.24) is 9.80 Å². The topological polar surface area (TPSA) is 36.7 Å². The first-order valence-electron chi connectivity index (χ1n) is 11.8. The van der Waals surface area contributed by atoms with Crippen LogP contribution in [0.3, 0.4) is 0 Å². The van der Waals surface area contributed by atoms with Crippen LogP contribution in [0.2, 0.25) is 0 Å². The van der Waals surface area contributed by atoms with Crippen molar-refractivity contribution in [2.75, 3.05) is 20.1 Å². The van der Waals surface area contributed by atoms with Gasteiger partial charge in [-0.1, -0.05) is 49.2 Å². The van der Waals surface area contributed by atoms with Gasteiger partial charge in [0.2, 0.25) is 5.91 Å². The van der Waals surface area contributed by atoms with Crippen LogP contribution < -0.4 is 0 Å². The largest absolute Gasteiger partial charge is 0.464 e. The second kappa shape index (κ2) is 8.88. The summed E-state index contributed by atoms with van der Waals surface area (Å²) in [5.74, 6) is 0.222. The van der Waals surface area contributed by atoms with E-state index in [0.29, 0.717) is 18.5 Å². The second-order valence-corrected chi connectivity index (χ2v) is 9.19. The average molecular weight is 417 g/mol. The Hall–Kier alpha value is -2.59. The number of likely N-dealkylation sites (tertiary alicyclic amines) is 1. The molecule has 1 aromatic heterocycles. The Bertz CT molecular complexity index is 1040. The molecule has 2 fully saturated rings. The highest BCUT2D eigenvalue weighted by molar-refractivity contribution is 5.95. The Balaban J connectivity index is 1.34. The van der Waals surface area contributed by atoms with E-state index in [1.54, 1.807) is 0 Å². The van der Waals surface area contributed by atoms with Gasteiger partial charge in [0, 0.05) is 30.1 Å². The summed E-state index contributed by atoms with van der Waals surface area (Å²) in [6.45, 7) is 2.39. The van der Waals surface area contributed by atoms with Crippen molar-refractivity contribution in [1.29, 1.82) is 0 Å². The predicted octanol–water partition coefficient (Wildman–Crippen LogP) is 5.51. The minimum Gasteiger partial charge on any atom is -0.464 e. The van der Waals surface area contributed by atoms with Gasteiger partial charge in [-0.05, 0) is 62.0 Å². The van der Waals surface area contributed by atoms with E-state index >= 15 is 0 Å². The zero-order valence-electron chi connectivity index (χ0n) is 18.4. The molecular formula is C27H32N2O2. The van der Waals surface area contributed by atoms with E-state index in [9.17, 15) is 4.79 Å². The summed E-state index contributed by atoms with van der Waals surface area (Å²) < 4.78 is 5.78. The fraction of sp³-hybridized carbons (Fsp3) is 0.444. The van der Waals surface area contributed by atoms with E-state index < -0.39 is 0 Å². The lowest BCUT2D eigenvalue weighted by Crippen LogP contribution is -2.53. The highest BCUT2D eigenvalue weighted by Crippen LogP contribution is 2.32. The molecule has 31 heavy (non-hydrogen) atoms. The van der Waals surface area contributed by atoms with Crippen LogP contribution in [-0.2, 0) is 11.2 Å². The molecule has 0 bridgehead atoms. The Morgan fingerprint density at radius 3 is 2.61 bits per heavy atom. The molecule has 4 heteroatoms. The quantitative estimate of drug-likeness (QED) is 0.550. The lowest BCUT2D eigenvalue weighted by Gasteiger charge is -2.42. The number of furan rings is 1. The molecule has 2 atom stereocenters. The number of carbonyl (C=O) groups is 1. The molecule has 2 aliphatic rings. The maximum atomic E-state index is 13.3. The van der Waals surface area contributed by atoms with Crippen LogP contribution in [0.4, 0.5) is 0 Å². The molecule has 4 nitrogen and oxygen atoms in total. The molecule has 1 aliphatic carbocycles. The minimum absolute atomic E-state index is 0.222. The third kappa shape index (κ3) is 4.14. The molecule has 1 saturated carbocycles. The summed E-state index contributed by atoms with van der Waals surface area (Å²) in [5, 5.41) is 1.08. The molecule has 2 aromatic carbocycles. The maximum Gasteiger partial charge on any atom is 0.227 e. The van der Waals surface area contributed by atoms with Crippen molar-refractivity contribution in [2.24, 2.45) is 0 Å². The highest BCUT2D eigenvalue weighted by Gasteiger charge is 2.35. The summed E-state index contributed by atoms with van der Waals surface area (Å²) >= 11 is 0. The molecule has 0 N–H and O–H groups in total. The Morgan fingerprint density at radius 2 is 1.81 bits per heavy atom. The van der Waals surface area contributed by atoms with Gasteiger partial charge in [0.05, 0.1) is 12.7 Å². The van der Waals surface area contributed by atoms with Crippen molar-refractivity contribution >= 4 is 16.9 Å². The van der Waals surface area contributed by atoms with Gasteiger partial charge in [0.25, 0.3) is 0 Å². The molecule has 5 rings (SSSR count). The van der Waals surface area contributed by atoms with Gasteiger partial charge < -0.3 is 9.32 Å². The number of hydrogen-bond acceptors (Lipinski definition) is 3. The second-order valence-electron chi connectivity index (χ2n) is 9.19. The first-order valence-corrected chi connectivity index (χ1v) is 11.8. The number of hydrogen-bond donors (Lipinski definition) is 0. The summed E-state index contributed by atoms with van der Waals surface area (Å²) in [6, 6.07) is 17.3. The van der Waals surface area contributed by atoms with Crippen molar-refractivity contribution in [3.8, 4) is 11.1 Å². The average Bonchev–Trinajstić information content (AvgIpc) is 3.49. The van der Waals surface area contributed by atoms with E-state index in [2.05, 4.69) is 28.0 Å². The number of benzene rings is 2. The van der Waals surface area contributed by atoms with Gasteiger partial charge in [-0.3, -0.25) is 9.69 Å². The summed E-state index contributed by atoms with van der Waals surface area (Å²) in [6.07, 6.45) is 9.74. The molecule has 0 radical (unpaired) electrons. The van der Waals surface area contributed by atoms with Crippen LogP contribution in [0.5, 0.6) is 0 Å². The molecular weight excluding hydrogens is 384 g/mol. The Kier molecular flexibility index (Phi) is 5.82. The number of carbonyl (C=O) groups excluding carboxylic acids is 1. The van der Waals surface area contributed by atoms with E-state index in [1.165, 1.54) is 45.2 Å². The SMILES string of the molecule is CN(C(=O)Cc1ccc2occ(-c3ccccc3)c2c1)[C@@H]1CCCC[C@H]1N1CCCC1. The van der Waals surface area contributed by atoms with Crippen molar-refractivity contribution in [3.63, 3.8) is 0 Å². The van der Waals surface area contributed by atoms with Crippen LogP contribution in [0, 0.1) is 0 Å². The number of rotatable bonds is 5. The summed E-state index contributed by atoms with van der Waals surface area (Å²) in [5.41, 5.74) is 4.14. The third-order valence-electron chi connectivity index (χ3n) is 7.27. The van der Waals surface area contributed by atoms with Gasteiger partial charge in [-0.15, -0.1) is 0 Å². The van der Waals surface area contributed by atoms with Crippen molar-refractivity contribution in [3.05, 3.63) is 60.4 Å². The number of likely N-dealkylation sites (N-methyl/N-ethyl adjacent to an activating group) is 1. The van der Waals surface area contributed by atoms with E-state index in [-0.39, 0.29) is 5.91 Å². The van der Waals surface area contributed by atoms with Gasteiger partial charge in [-0.2, -0.15) is 0 Å². The first kappa shape index (κ1) is 20.3. The predicted molar refractivity (Wildman–Crippen MR) is 125 cm³/mol. The molecule has 0 spiro atoms. The zero-order valence-corrected chi connectivity index (χ0v) is 18.4. The van der Waals surface area contributed by atoms with E-state index in [0.717, 1.165) is 34.1 Å². The molecule has 162 valence electrons. The molecule has 1 aliphatic heterocycles. The zero-order chi connectivity index (χ0) is 21.2. The minimum atomic E-state index is 0.222. The standard InChI is InChI=1S/C27H32N2O2/c1-28(24-11-5-6-12-25(24)29-15-7-8-16-29)27(30)18-20-13-14-26-22(17-20)23(19-31-26)21-9-3-2-4-10-21/h2-4,9-10,13-14,17,19,24-25H,5-8,11-12,15-16,18H2,1H3/t24-,25-/m1/s1. The first-order chi connectivity index (χ1) is 15.2. The van der Waals surface area contributed by atoms with Crippen LogP contribution in [0.25, 0.3) is 22.1 Å². The van der Waals surface area contributed by atoms with Crippen LogP contribution in [-0.4, -0.2) is 47.9 Å². The van der Waals surface area contributed by atoms with Gasteiger partial charge in [0.15, 0.2) is 0 Å². The van der Waals surface area contributed by atoms with Crippen LogP contribution >= 0.6 is 0 Å². The fourth-order valence-corrected chi connectivity index (χ4v) is 5.55. The molecule has 3 aromatic rings. The number of amides is 1. The summed E-state index contributed by atoms with van der Waals surface area (Å²) in [4.78, 5) is 18.0.